The first-order valence-electron chi connectivity index (χ1n) is 5.28. The fourth-order valence-electron chi connectivity index (χ4n) is 1.71. The van der Waals surface area contributed by atoms with E-state index in [-0.39, 0.29) is 0 Å². The van der Waals surface area contributed by atoms with Gasteiger partial charge >= 0.3 is 0 Å². The highest BCUT2D eigenvalue weighted by molar-refractivity contribution is 8.00. The first kappa shape index (κ1) is 11.1. The minimum atomic E-state index is 0.345. The maximum absolute atomic E-state index is 6.14. The smallest absolute Gasteiger partial charge is 0.0202 e. The second-order valence-corrected chi connectivity index (χ2v) is 5.22. The van der Waals surface area contributed by atoms with E-state index in [1.54, 1.807) is 0 Å². The van der Waals surface area contributed by atoms with Gasteiger partial charge in [0.25, 0.3) is 0 Å². The number of thioether (sulfide) groups is 1. The zero-order valence-electron chi connectivity index (χ0n) is 8.59. The standard InChI is InChI=1S/C11H21NS/c1-3-9(2)8-10(12)11-6-4-5-7-13-11/h10-11H,2-8,12H2,1H3. The highest BCUT2D eigenvalue weighted by Crippen LogP contribution is 2.28. The van der Waals surface area contributed by atoms with Gasteiger partial charge in [-0.3, -0.25) is 0 Å². The molecule has 0 aliphatic carbocycles. The van der Waals surface area contributed by atoms with Crippen molar-refractivity contribution in [3.05, 3.63) is 12.2 Å². The van der Waals surface area contributed by atoms with Gasteiger partial charge in [0.05, 0.1) is 0 Å². The summed E-state index contributed by atoms with van der Waals surface area (Å²) in [6, 6.07) is 0.345. The predicted octanol–water partition coefficient (Wildman–Crippen LogP) is 2.96. The van der Waals surface area contributed by atoms with Gasteiger partial charge in [-0.05, 0) is 31.4 Å². The molecule has 13 heavy (non-hydrogen) atoms. The number of hydrogen-bond acceptors (Lipinski definition) is 2. The van der Waals surface area contributed by atoms with E-state index < -0.39 is 0 Å². The number of nitrogens with two attached hydrogens (primary N) is 1. The maximum atomic E-state index is 6.14. The summed E-state index contributed by atoms with van der Waals surface area (Å²) in [5.41, 5.74) is 7.45. The van der Waals surface area contributed by atoms with Gasteiger partial charge in [-0.2, -0.15) is 11.8 Å². The molecule has 0 aromatic carbocycles. The molecule has 1 nitrogen and oxygen atoms in total. The zero-order valence-corrected chi connectivity index (χ0v) is 9.41. The Bertz CT molecular complexity index is 161. The second-order valence-electron chi connectivity index (χ2n) is 3.88. The Morgan fingerprint density at radius 1 is 1.62 bits per heavy atom. The van der Waals surface area contributed by atoms with Crippen molar-refractivity contribution in [1.82, 2.24) is 0 Å². The van der Waals surface area contributed by atoms with Gasteiger partial charge in [-0.1, -0.05) is 25.5 Å². The summed E-state index contributed by atoms with van der Waals surface area (Å²) in [6.07, 6.45) is 6.15. The lowest BCUT2D eigenvalue weighted by Gasteiger charge is -2.27. The van der Waals surface area contributed by atoms with Gasteiger partial charge in [-0.15, -0.1) is 0 Å². The molecule has 2 unspecified atom stereocenters. The summed E-state index contributed by atoms with van der Waals surface area (Å²) in [4.78, 5) is 0. The second kappa shape index (κ2) is 5.71. The van der Waals surface area contributed by atoms with E-state index in [1.165, 1.54) is 30.6 Å². The van der Waals surface area contributed by atoms with Crippen molar-refractivity contribution in [1.29, 1.82) is 0 Å². The molecular formula is C11H21NS. The van der Waals surface area contributed by atoms with Gasteiger partial charge in [0, 0.05) is 11.3 Å². The topological polar surface area (TPSA) is 26.0 Å². The molecule has 0 aromatic rings. The maximum Gasteiger partial charge on any atom is 0.0202 e. The van der Waals surface area contributed by atoms with Crippen LogP contribution in [0.5, 0.6) is 0 Å². The Kier molecular flexibility index (Phi) is 4.89. The van der Waals surface area contributed by atoms with Crippen molar-refractivity contribution in [2.75, 3.05) is 5.75 Å². The van der Waals surface area contributed by atoms with Crippen LogP contribution in [0.15, 0.2) is 12.2 Å². The van der Waals surface area contributed by atoms with E-state index in [0.29, 0.717) is 11.3 Å². The van der Waals surface area contributed by atoms with E-state index in [1.807, 2.05) is 0 Å². The van der Waals surface area contributed by atoms with Crippen LogP contribution in [-0.4, -0.2) is 17.0 Å². The Hall–Kier alpha value is 0.0500. The van der Waals surface area contributed by atoms with Crippen molar-refractivity contribution < 1.29 is 0 Å². The van der Waals surface area contributed by atoms with Crippen molar-refractivity contribution in [3.63, 3.8) is 0 Å². The largest absolute Gasteiger partial charge is 0.326 e. The van der Waals surface area contributed by atoms with Crippen LogP contribution in [0.3, 0.4) is 0 Å². The number of rotatable bonds is 4. The SMILES string of the molecule is C=C(CC)CC(N)C1CCCCS1. The zero-order chi connectivity index (χ0) is 9.68. The van der Waals surface area contributed by atoms with Crippen molar-refractivity contribution >= 4 is 11.8 Å². The first-order chi connectivity index (χ1) is 6.24. The van der Waals surface area contributed by atoms with Gasteiger partial charge in [0.15, 0.2) is 0 Å². The molecule has 0 saturated carbocycles. The van der Waals surface area contributed by atoms with Gasteiger partial charge in [0.1, 0.15) is 0 Å². The molecule has 2 heteroatoms. The van der Waals surface area contributed by atoms with Crippen LogP contribution in [0.2, 0.25) is 0 Å². The minimum absolute atomic E-state index is 0.345. The monoisotopic (exact) mass is 199 g/mol. The molecule has 1 aliphatic heterocycles. The summed E-state index contributed by atoms with van der Waals surface area (Å²) in [6.45, 7) is 6.17. The summed E-state index contributed by atoms with van der Waals surface area (Å²) in [5.74, 6) is 1.30. The molecule has 0 aromatic heterocycles. The van der Waals surface area contributed by atoms with Crippen LogP contribution in [0.1, 0.15) is 39.0 Å². The Balaban J connectivity index is 2.28. The highest BCUT2D eigenvalue weighted by atomic mass is 32.2. The molecule has 0 spiro atoms. The van der Waals surface area contributed by atoms with Crippen LogP contribution < -0.4 is 5.73 Å². The molecule has 1 heterocycles. The highest BCUT2D eigenvalue weighted by Gasteiger charge is 2.20. The summed E-state index contributed by atoms with van der Waals surface area (Å²) < 4.78 is 0. The summed E-state index contributed by atoms with van der Waals surface area (Å²) >= 11 is 2.06. The predicted molar refractivity (Wildman–Crippen MR) is 62.1 cm³/mol. The van der Waals surface area contributed by atoms with E-state index in [4.69, 9.17) is 5.73 Å². The first-order valence-corrected chi connectivity index (χ1v) is 6.32. The third-order valence-electron chi connectivity index (χ3n) is 2.72. The van der Waals surface area contributed by atoms with E-state index in [0.717, 1.165) is 12.8 Å². The van der Waals surface area contributed by atoms with Crippen molar-refractivity contribution in [2.24, 2.45) is 5.73 Å². The van der Waals surface area contributed by atoms with Crippen molar-refractivity contribution in [3.8, 4) is 0 Å². The molecule has 76 valence electrons. The minimum Gasteiger partial charge on any atom is -0.326 e. The normalized spacial score (nSPS) is 25.5. The third kappa shape index (κ3) is 3.74. The lowest BCUT2D eigenvalue weighted by atomic mass is 10.00. The quantitative estimate of drug-likeness (QED) is 0.704. The molecule has 2 N–H and O–H groups in total. The van der Waals surface area contributed by atoms with Crippen LogP contribution in [0.4, 0.5) is 0 Å². The molecule has 1 fully saturated rings. The summed E-state index contributed by atoms with van der Waals surface area (Å²) in [5, 5.41) is 0.692. The van der Waals surface area contributed by atoms with Crippen LogP contribution in [0, 0.1) is 0 Å². The van der Waals surface area contributed by atoms with E-state index in [2.05, 4.69) is 25.3 Å². The average molecular weight is 199 g/mol. The number of hydrogen-bond donors (Lipinski definition) is 1. The Labute approximate surface area is 86.2 Å². The van der Waals surface area contributed by atoms with Gasteiger partial charge < -0.3 is 5.73 Å². The summed E-state index contributed by atoms with van der Waals surface area (Å²) in [7, 11) is 0. The van der Waals surface area contributed by atoms with Gasteiger partial charge in [0.2, 0.25) is 0 Å². The fraction of sp³-hybridized carbons (Fsp3) is 0.818. The molecule has 0 bridgehead atoms. The molecule has 2 atom stereocenters. The van der Waals surface area contributed by atoms with E-state index in [9.17, 15) is 0 Å². The lowest BCUT2D eigenvalue weighted by molar-refractivity contribution is 0.554. The molecule has 1 aliphatic rings. The van der Waals surface area contributed by atoms with Crippen LogP contribution in [0.25, 0.3) is 0 Å². The van der Waals surface area contributed by atoms with E-state index >= 15 is 0 Å². The average Bonchev–Trinajstić information content (AvgIpc) is 2.19. The molecule has 1 rings (SSSR count). The molecule has 0 amide bonds. The molecular weight excluding hydrogens is 178 g/mol. The third-order valence-corrected chi connectivity index (χ3v) is 4.25. The van der Waals surface area contributed by atoms with Crippen molar-refractivity contribution in [2.45, 2.75) is 50.3 Å². The van der Waals surface area contributed by atoms with Crippen LogP contribution in [-0.2, 0) is 0 Å². The van der Waals surface area contributed by atoms with Gasteiger partial charge in [-0.25, -0.2) is 0 Å². The molecule has 1 saturated heterocycles. The van der Waals surface area contributed by atoms with Crippen LogP contribution >= 0.6 is 11.8 Å². The fourth-order valence-corrected chi connectivity index (χ4v) is 3.06. The Morgan fingerprint density at radius 3 is 2.92 bits per heavy atom. The Morgan fingerprint density at radius 2 is 2.38 bits per heavy atom. The molecule has 0 radical (unpaired) electrons. The lowest BCUT2D eigenvalue weighted by Crippen LogP contribution is -2.34.